The molecule has 2 atom stereocenters. The molecular weight excluding hydrogens is 474 g/mol. The number of piperidine rings is 2. The van der Waals surface area contributed by atoms with Gasteiger partial charge in [0.15, 0.2) is 0 Å². The van der Waals surface area contributed by atoms with E-state index < -0.39 is 0 Å². The molecule has 0 radical (unpaired) electrons. The standard InChI is InChI=1S/C32H43N3O3/c1-22-9-6-10-23(2)29(22)31(38)35-16-8-13-27(28(35)19-24-14-17-34(21-36)18-15-24)30(37)33-26-12-7-11-25(20-26)32(3,4)5/h6-7,9-12,20-21,24,27-28H,8,13-19H2,1-5H3,(H,33,37). The number of hydrogen-bond acceptors (Lipinski definition) is 3. The molecule has 0 spiro atoms. The molecule has 0 aliphatic carbocycles. The smallest absolute Gasteiger partial charge is 0.254 e. The second-order valence-corrected chi connectivity index (χ2v) is 12.2. The molecule has 1 N–H and O–H groups in total. The predicted molar refractivity (Wildman–Crippen MR) is 152 cm³/mol. The molecule has 6 heteroatoms. The average Bonchev–Trinajstić information content (AvgIpc) is 2.88. The lowest BCUT2D eigenvalue weighted by atomic mass is 9.79. The number of nitrogens with one attached hydrogen (secondary N) is 1. The van der Waals surface area contributed by atoms with Crippen molar-refractivity contribution in [3.8, 4) is 0 Å². The van der Waals surface area contributed by atoms with Crippen LogP contribution in [0.3, 0.4) is 0 Å². The highest BCUT2D eigenvalue weighted by Gasteiger charge is 2.40. The van der Waals surface area contributed by atoms with Crippen molar-refractivity contribution in [2.24, 2.45) is 11.8 Å². The first-order chi connectivity index (χ1) is 18.1. The van der Waals surface area contributed by atoms with E-state index >= 15 is 0 Å². The zero-order valence-electron chi connectivity index (χ0n) is 23.6. The van der Waals surface area contributed by atoms with Crippen LogP contribution in [-0.4, -0.2) is 53.7 Å². The molecule has 3 amide bonds. The van der Waals surface area contributed by atoms with E-state index in [0.717, 1.165) is 74.0 Å². The van der Waals surface area contributed by atoms with Crippen LogP contribution in [0.1, 0.15) is 79.9 Å². The van der Waals surface area contributed by atoms with Crippen LogP contribution in [0.2, 0.25) is 0 Å². The molecule has 6 nitrogen and oxygen atoms in total. The number of anilines is 1. The first-order valence-electron chi connectivity index (χ1n) is 14.1. The summed E-state index contributed by atoms with van der Waals surface area (Å²) in [6.07, 6.45) is 5.08. The first-order valence-corrected chi connectivity index (χ1v) is 14.1. The molecule has 4 rings (SSSR count). The quantitative estimate of drug-likeness (QED) is 0.499. The summed E-state index contributed by atoms with van der Waals surface area (Å²) in [7, 11) is 0. The van der Waals surface area contributed by atoms with Gasteiger partial charge in [0.25, 0.3) is 5.91 Å². The minimum atomic E-state index is -0.278. The monoisotopic (exact) mass is 517 g/mol. The number of benzene rings is 2. The molecule has 2 aromatic carbocycles. The molecule has 2 heterocycles. The second kappa shape index (κ2) is 11.7. The SMILES string of the molecule is Cc1cccc(C)c1C(=O)N1CCCC(C(=O)Nc2cccc(C(C)(C)C)c2)C1CC1CCN(C=O)CC1. The highest BCUT2D eigenvalue weighted by Crippen LogP contribution is 2.35. The summed E-state index contributed by atoms with van der Waals surface area (Å²) in [6, 6.07) is 13.9. The predicted octanol–water partition coefficient (Wildman–Crippen LogP) is 5.72. The van der Waals surface area contributed by atoms with E-state index in [-0.39, 0.29) is 29.2 Å². The van der Waals surface area contributed by atoms with Crippen LogP contribution in [0.25, 0.3) is 0 Å². The van der Waals surface area contributed by atoms with Crippen molar-refractivity contribution < 1.29 is 14.4 Å². The number of amides is 3. The Kier molecular flexibility index (Phi) is 8.59. The van der Waals surface area contributed by atoms with Crippen LogP contribution in [0.4, 0.5) is 5.69 Å². The number of likely N-dealkylation sites (tertiary alicyclic amines) is 2. The van der Waals surface area contributed by atoms with E-state index in [0.29, 0.717) is 12.5 Å². The van der Waals surface area contributed by atoms with Crippen LogP contribution in [0, 0.1) is 25.7 Å². The van der Waals surface area contributed by atoms with Gasteiger partial charge in [0.05, 0.1) is 5.92 Å². The maximum atomic E-state index is 14.0. The largest absolute Gasteiger partial charge is 0.345 e. The van der Waals surface area contributed by atoms with Gasteiger partial charge < -0.3 is 15.1 Å². The fourth-order valence-corrected chi connectivity index (χ4v) is 6.14. The number of nitrogens with zero attached hydrogens (tertiary/aromatic N) is 2. The van der Waals surface area contributed by atoms with Gasteiger partial charge in [0.2, 0.25) is 12.3 Å². The van der Waals surface area contributed by atoms with Crippen molar-refractivity contribution in [3.05, 3.63) is 64.7 Å². The Morgan fingerprint density at radius 1 is 0.974 bits per heavy atom. The molecule has 2 aliphatic rings. The zero-order valence-corrected chi connectivity index (χ0v) is 23.6. The van der Waals surface area contributed by atoms with Gasteiger partial charge in [-0.15, -0.1) is 0 Å². The van der Waals surface area contributed by atoms with Crippen molar-refractivity contribution in [1.29, 1.82) is 0 Å². The molecule has 2 aromatic rings. The van der Waals surface area contributed by atoms with Crippen LogP contribution in [0.15, 0.2) is 42.5 Å². The fourth-order valence-electron chi connectivity index (χ4n) is 6.14. The van der Waals surface area contributed by atoms with Crippen molar-refractivity contribution in [2.75, 3.05) is 25.0 Å². The highest BCUT2D eigenvalue weighted by molar-refractivity contribution is 5.98. The average molecular weight is 518 g/mol. The van der Waals surface area contributed by atoms with Crippen LogP contribution in [-0.2, 0) is 15.0 Å². The highest BCUT2D eigenvalue weighted by atomic mass is 16.2. The molecule has 0 aromatic heterocycles. The third-order valence-electron chi connectivity index (χ3n) is 8.44. The molecule has 204 valence electrons. The lowest BCUT2D eigenvalue weighted by molar-refractivity contribution is -0.123. The number of aryl methyl sites for hydroxylation is 2. The number of carbonyl (C=O) groups excluding carboxylic acids is 3. The van der Waals surface area contributed by atoms with E-state index in [1.165, 1.54) is 5.56 Å². The van der Waals surface area contributed by atoms with E-state index in [1.54, 1.807) is 0 Å². The summed E-state index contributed by atoms with van der Waals surface area (Å²) in [5, 5.41) is 3.20. The summed E-state index contributed by atoms with van der Waals surface area (Å²) in [5.41, 5.74) is 4.66. The van der Waals surface area contributed by atoms with Crippen molar-refractivity contribution in [2.45, 2.75) is 78.2 Å². The minimum Gasteiger partial charge on any atom is -0.345 e. The van der Waals surface area contributed by atoms with Gasteiger partial charge in [-0.05, 0) is 86.1 Å². The summed E-state index contributed by atoms with van der Waals surface area (Å²) in [6.45, 7) is 12.6. The Bertz CT molecular complexity index is 1140. The summed E-state index contributed by atoms with van der Waals surface area (Å²) >= 11 is 0. The number of carbonyl (C=O) groups is 3. The topological polar surface area (TPSA) is 69.7 Å². The molecule has 2 saturated heterocycles. The van der Waals surface area contributed by atoms with Crippen molar-refractivity contribution in [3.63, 3.8) is 0 Å². The Hall–Kier alpha value is -3.15. The van der Waals surface area contributed by atoms with E-state index in [1.807, 2.05) is 54.0 Å². The minimum absolute atomic E-state index is 0.00890. The molecule has 0 bridgehead atoms. The van der Waals surface area contributed by atoms with E-state index in [9.17, 15) is 14.4 Å². The lowest BCUT2D eigenvalue weighted by Gasteiger charge is -2.43. The third-order valence-corrected chi connectivity index (χ3v) is 8.44. The van der Waals surface area contributed by atoms with Gasteiger partial charge in [0.1, 0.15) is 0 Å². The Morgan fingerprint density at radius 2 is 1.63 bits per heavy atom. The van der Waals surface area contributed by atoms with Gasteiger partial charge in [0, 0.05) is 36.9 Å². The summed E-state index contributed by atoms with van der Waals surface area (Å²) < 4.78 is 0. The first kappa shape index (κ1) is 27.9. The normalized spacial score (nSPS) is 20.8. The Balaban J connectivity index is 1.61. The molecular formula is C32H43N3O3. The Morgan fingerprint density at radius 3 is 2.26 bits per heavy atom. The second-order valence-electron chi connectivity index (χ2n) is 12.2. The zero-order chi connectivity index (χ0) is 27.4. The lowest BCUT2D eigenvalue weighted by Crippen LogP contribution is -2.53. The van der Waals surface area contributed by atoms with Gasteiger partial charge in [-0.3, -0.25) is 14.4 Å². The van der Waals surface area contributed by atoms with Gasteiger partial charge in [-0.25, -0.2) is 0 Å². The maximum absolute atomic E-state index is 14.0. The molecule has 2 aliphatic heterocycles. The Labute approximate surface area is 227 Å². The molecule has 2 fully saturated rings. The molecule has 2 unspecified atom stereocenters. The van der Waals surface area contributed by atoms with Gasteiger partial charge in [-0.2, -0.15) is 0 Å². The molecule has 0 saturated carbocycles. The van der Waals surface area contributed by atoms with Crippen LogP contribution < -0.4 is 5.32 Å². The summed E-state index contributed by atoms with van der Waals surface area (Å²) in [5.74, 6) is 0.120. The van der Waals surface area contributed by atoms with Crippen molar-refractivity contribution in [1.82, 2.24) is 9.80 Å². The number of rotatable bonds is 6. The van der Waals surface area contributed by atoms with Crippen LogP contribution in [0.5, 0.6) is 0 Å². The van der Waals surface area contributed by atoms with Crippen LogP contribution >= 0.6 is 0 Å². The molecule has 38 heavy (non-hydrogen) atoms. The van der Waals surface area contributed by atoms with Gasteiger partial charge >= 0.3 is 0 Å². The number of hydrogen-bond donors (Lipinski definition) is 1. The van der Waals surface area contributed by atoms with Gasteiger partial charge in [-0.1, -0.05) is 51.1 Å². The van der Waals surface area contributed by atoms with E-state index in [4.69, 9.17) is 0 Å². The van der Waals surface area contributed by atoms with E-state index in [2.05, 4.69) is 38.2 Å². The summed E-state index contributed by atoms with van der Waals surface area (Å²) in [4.78, 5) is 42.9. The fraction of sp³-hybridized carbons (Fsp3) is 0.531. The maximum Gasteiger partial charge on any atom is 0.254 e. The van der Waals surface area contributed by atoms with Crippen molar-refractivity contribution >= 4 is 23.9 Å². The third kappa shape index (κ3) is 6.28.